The summed E-state index contributed by atoms with van der Waals surface area (Å²) in [6.07, 6.45) is 2.79. The molecule has 0 aliphatic heterocycles. The first-order valence-electron chi connectivity index (χ1n) is 3.24. The van der Waals surface area contributed by atoms with Crippen LogP contribution in [0.25, 0.3) is 0 Å². The molecule has 0 saturated carbocycles. The summed E-state index contributed by atoms with van der Waals surface area (Å²) in [6, 6.07) is 0. The molecule has 1 nitrogen and oxygen atoms in total. The Morgan fingerprint density at radius 2 is 2.18 bits per heavy atom. The zero-order valence-electron chi connectivity index (χ0n) is 6.19. The van der Waals surface area contributed by atoms with Crippen molar-refractivity contribution in [3.8, 4) is 0 Å². The van der Waals surface area contributed by atoms with Crippen LogP contribution in [0.15, 0.2) is 12.2 Å². The molecule has 0 aromatic rings. The summed E-state index contributed by atoms with van der Waals surface area (Å²) in [5.41, 5.74) is 0. The van der Waals surface area contributed by atoms with E-state index in [1.165, 1.54) is 6.08 Å². The van der Waals surface area contributed by atoms with E-state index in [4.69, 9.17) is 4.74 Å². The van der Waals surface area contributed by atoms with Gasteiger partial charge in [-0.05, 0) is 28.4 Å². The van der Waals surface area contributed by atoms with Crippen molar-refractivity contribution in [3.05, 3.63) is 18.8 Å². The Bertz CT molecular complexity index is 120. The first-order valence-corrected chi connectivity index (χ1v) is 4.03. The first kappa shape index (κ1) is 11.0. The van der Waals surface area contributed by atoms with Crippen LogP contribution >= 0.6 is 15.9 Å². The van der Waals surface area contributed by atoms with Crippen LogP contribution in [0.3, 0.4) is 0 Å². The molecule has 0 heterocycles. The molecule has 0 fully saturated rings. The van der Waals surface area contributed by atoms with Crippen molar-refractivity contribution in [2.75, 3.05) is 6.61 Å². The number of rotatable bonds is 5. The molecular weight excluding hydrogens is 218 g/mol. The van der Waals surface area contributed by atoms with Crippen molar-refractivity contribution in [1.82, 2.24) is 0 Å². The number of halogens is 3. The van der Waals surface area contributed by atoms with Crippen molar-refractivity contribution in [1.29, 1.82) is 0 Å². The predicted molar refractivity (Wildman–Crippen MR) is 43.6 cm³/mol. The van der Waals surface area contributed by atoms with E-state index in [1.54, 1.807) is 6.61 Å². The van der Waals surface area contributed by atoms with Gasteiger partial charge in [0.2, 0.25) is 0 Å². The average Bonchev–Trinajstić information content (AvgIpc) is 1.85. The number of hydrogen-bond donors (Lipinski definition) is 0. The van der Waals surface area contributed by atoms with Gasteiger partial charge in [-0.2, -0.15) is 8.78 Å². The molecule has 65 valence electrons. The minimum Gasteiger partial charge on any atom is -0.371 e. The van der Waals surface area contributed by atoms with E-state index in [9.17, 15) is 8.78 Å². The highest BCUT2D eigenvalue weighted by molar-refractivity contribution is 9.10. The molecule has 4 heteroatoms. The zero-order chi connectivity index (χ0) is 8.74. The van der Waals surface area contributed by atoms with E-state index in [0.717, 1.165) is 12.5 Å². The van der Waals surface area contributed by atoms with Crippen LogP contribution in [0.5, 0.6) is 0 Å². The van der Waals surface area contributed by atoms with Crippen molar-refractivity contribution < 1.29 is 13.5 Å². The second-order valence-corrected chi connectivity index (χ2v) is 2.91. The molecule has 0 spiro atoms. The van der Waals surface area contributed by atoms with E-state index >= 15 is 0 Å². The Kier molecular flexibility index (Phi) is 5.68. The number of hydrogen-bond acceptors (Lipinski definition) is 1. The lowest BCUT2D eigenvalue weighted by molar-refractivity contribution is 0.168. The first-order chi connectivity index (χ1) is 5.06. The lowest BCUT2D eigenvalue weighted by atomic mass is 10.5. The van der Waals surface area contributed by atoms with Crippen molar-refractivity contribution in [2.24, 2.45) is 0 Å². The van der Waals surface area contributed by atoms with E-state index < -0.39 is 4.83 Å². The standard InChI is InChI=1S/C7H10BrF2O/c1-2-5-11-6-3-4-7(8,9)10/h3-5H,2,6H2,1H3/b4-3+. The molecule has 0 bridgehead atoms. The lowest BCUT2D eigenvalue weighted by Crippen LogP contribution is -1.98. The Balaban J connectivity index is 3.30. The van der Waals surface area contributed by atoms with Crippen LogP contribution in [-0.4, -0.2) is 11.4 Å². The minimum atomic E-state index is -2.91. The number of ether oxygens (including phenoxy) is 1. The molecular formula is C7H10BrF2O. The van der Waals surface area contributed by atoms with Crippen LogP contribution < -0.4 is 0 Å². The second-order valence-electron chi connectivity index (χ2n) is 1.85. The summed E-state index contributed by atoms with van der Waals surface area (Å²) >= 11 is 2.16. The Morgan fingerprint density at radius 3 is 2.64 bits per heavy atom. The monoisotopic (exact) mass is 227 g/mol. The van der Waals surface area contributed by atoms with Gasteiger partial charge in [-0.3, -0.25) is 0 Å². The fourth-order valence-corrected chi connectivity index (χ4v) is 0.610. The summed E-state index contributed by atoms with van der Waals surface area (Å²) < 4.78 is 28.8. The van der Waals surface area contributed by atoms with Gasteiger partial charge in [-0.1, -0.05) is 13.0 Å². The summed E-state index contributed by atoms with van der Waals surface area (Å²) in [5.74, 6) is 0. The topological polar surface area (TPSA) is 9.23 Å². The Labute approximate surface area is 73.6 Å². The van der Waals surface area contributed by atoms with Crippen molar-refractivity contribution in [3.63, 3.8) is 0 Å². The molecule has 0 N–H and O–H groups in total. The highest BCUT2D eigenvalue weighted by Crippen LogP contribution is 2.22. The summed E-state index contributed by atoms with van der Waals surface area (Å²) in [4.78, 5) is -2.91. The Morgan fingerprint density at radius 1 is 1.55 bits per heavy atom. The normalized spacial score (nSPS) is 12.7. The molecule has 0 rings (SSSR count). The van der Waals surface area contributed by atoms with Crippen LogP contribution in [0.4, 0.5) is 8.78 Å². The fourth-order valence-electron chi connectivity index (χ4n) is 0.423. The van der Waals surface area contributed by atoms with Gasteiger partial charge in [-0.15, -0.1) is 0 Å². The maximum atomic E-state index is 12.0. The van der Waals surface area contributed by atoms with Crippen LogP contribution in [0, 0.1) is 6.61 Å². The van der Waals surface area contributed by atoms with Gasteiger partial charge in [0.1, 0.15) is 0 Å². The molecule has 0 aliphatic carbocycles. The number of alkyl halides is 3. The molecule has 0 saturated heterocycles. The van der Waals surface area contributed by atoms with Gasteiger partial charge in [0.25, 0.3) is 0 Å². The molecule has 0 aromatic carbocycles. The van der Waals surface area contributed by atoms with Gasteiger partial charge >= 0.3 is 4.83 Å². The van der Waals surface area contributed by atoms with Gasteiger partial charge in [-0.25, -0.2) is 0 Å². The smallest absolute Gasteiger partial charge is 0.320 e. The molecule has 11 heavy (non-hydrogen) atoms. The maximum Gasteiger partial charge on any atom is 0.320 e. The highest BCUT2D eigenvalue weighted by Gasteiger charge is 2.17. The predicted octanol–water partition coefficient (Wildman–Crippen LogP) is 3.12. The van der Waals surface area contributed by atoms with E-state index in [0.29, 0.717) is 0 Å². The van der Waals surface area contributed by atoms with Crippen molar-refractivity contribution in [2.45, 2.75) is 18.2 Å². The SMILES string of the molecule is CC[CH]OC/C=C/C(F)(F)Br. The molecule has 0 unspecified atom stereocenters. The molecule has 0 aromatic heterocycles. The van der Waals surface area contributed by atoms with Crippen LogP contribution in [0.1, 0.15) is 13.3 Å². The highest BCUT2D eigenvalue weighted by atomic mass is 79.9. The average molecular weight is 228 g/mol. The van der Waals surface area contributed by atoms with Gasteiger partial charge in [0, 0.05) is 0 Å². The number of allylic oxidation sites excluding steroid dienone is 1. The molecule has 1 radical (unpaired) electrons. The third-order valence-corrected chi connectivity index (χ3v) is 1.05. The molecule has 0 amide bonds. The third kappa shape index (κ3) is 10.0. The quantitative estimate of drug-likeness (QED) is 0.399. The zero-order valence-corrected chi connectivity index (χ0v) is 7.77. The van der Waals surface area contributed by atoms with Crippen LogP contribution in [0.2, 0.25) is 0 Å². The molecule has 0 atom stereocenters. The maximum absolute atomic E-state index is 12.0. The third-order valence-electron chi connectivity index (χ3n) is 0.784. The summed E-state index contributed by atoms with van der Waals surface area (Å²) in [7, 11) is 0. The van der Waals surface area contributed by atoms with E-state index in [2.05, 4.69) is 15.9 Å². The second kappa shape index (κ2) is 5.66. The molecule has 0 aliphatic rings. The van der Waals surface area contributed by atoms with Crippen LogP contribution in [-0.2, 0) is 4.74 Å². The van der Waals surface area contributed by atoms with E-state index in [-0.39, 0.29) is 6.61 Å². The van der Waals surface area contributed by atoms with E-state index in [1.807, 2.05) is 6.92 Å². The van der Waals surface area contributed by atoms with Gasteiger partial charge < -0.3 is 4.74 Å². The van der Waals surface area contributed by atoms with Gasteiger partial charge in [0.05, 0.1) is 13.2 Å². The summed E-state index contributed by atoms with van der Waals surface area (Å²) in [5, 5.41) is 0. The largest absolute Gasteiger partial charge is 0.371 e. The fraction of sp³-hybridized carbons (Fsp3) is 0.571. The summed E-state index contributed by atoms with van der Waals surface area (Å²) in [6.45, 7) is 3.66. The minimum absolute atomic E-state index is 0.190. The lowest BCUT2D eigenvalue weighted by Gasteiger charge is -1.99. The van der Waals surface area contributed by atoms with Crippen molar-refractivity contribution >= 4 is 15.9 Å². The van der Waals surface area contributed by atoms with Gasteiger partial charge in [0.15, 0.2) is 0 Å². The Hall–Kier alpha value is 0.0400.